The summed E-state index contributed by atoms with van der Waals surface area (Å²) in [5.41, 5.74) is 5.71. The van der Waals surface area contributed by atoms with Crippen molar-refractivity contribution in [2.45, 2.75) is 12.1 Å². The van der Waals surface area contributed by atoms with E-state index in [9.17, 15) is 8.42 Å². The lowest BCUT2D eigenvalue weighted by atomic mass is 10.2. The summed E-state index contributed by atoms with van der Waals surface area (Å²) in [6.45, 7) is 0. The van der Waals surface area contributed by atoms with Crippen LogP contribution in [0.5, 0.6) is 0 Å². The minimum atomic E-state index is -2.96. The Morgan fingerprint density at radius 1 is 1.46 bits per heavy atom. The summed E-state index contributed by atoms with van der Waals surface area (Å²) in [5, 5.41) is 3.99. The van der Waals surface area contributed by atoms with Gasteiger partial charge in [-0.1, -0.05) is 0 Å². The highest BCUT2D eigenvalue weighted by Gasteiger charge is 2.36. The molecular weight excluding hydrogens is 190 g/mol. The second kappa shape index (κ2) is 2.81. The van der Waals surface area contributed by atoms with Gasteiger partial charge in [0.25, 0.3) is 0 Å². The molecule has 0 amide bonds. The first-order valence-electron chi connectivity index (χ1n) is 4.04. The van der Waals surface area contributed by atoms with Crippen LogP contribution in [0.4, 0.5) is 0 Å². The SMILES string of the molecule is NC1CS(=O)(=O)CC1n1cccn1. The van der Waals surface area contributed by atoms with Crippen molar-refractivity contribution in [1.82, 2.24) is 9.78 Å². The Bertz CT molecular complexity index is 384. The minimum absolute atomic E-state index is 0.0670. The van der Waals surface area contributed by atoms with Crippen LogP contribution in [0.1, 0.15) is 6.04 Å². The highest BCUT2D eigenvalue weighted by molar-refractivity contribution is 7.91. The Kier molecular flexibility index (Phi) is 1.88. The molecule has 0 aromatic carbocycles. The van der Waals surface area contributed by atoms with E-state index >= 15 is 0 Å². The largest absolute Gasteiger partial charge is 0.325 e. The van der Waals surface area contributed by atoms with Crippen molar-refractivity contribution in [2.75, 3.05) is 11.5 Å². The van der Waals surface area contributed by atoms with Crippen LogP contribution >= 0.6 is 0 Å². The summed E-state index contributed by atoms with van der Waals surface area (Å²) in [4.78, 5) is 0. The Labute approximate surface area is 76.5 Å². The lowest BCUT2D eigenvalue weighted by Crippen LogP contribution is -2.31. The maximum Gasteiger partial charge on any atom is 0.154 e. The molecule has 1 aromatic rings. The van der Waals surface area contributed by atoms with Crippen molar-refractivity contribution in [2.24, 2.45) is 5.73 Å². The number of aromatic nitrogens is 2. The van der Waals surface area contributed by atoms with Gasteiger partial charge in [-0.2, -0.15) is 5.10 Å². The molecule has 0 saturated carbocycles. The number of hydrogen-bond donors (Lipinski definition) is 1. The zero-order valence-electron chi connectivity index (χ0n) is 7.00. The Morgan fingerprint density at radius 2 is 2.23 bits per heavy atom. The first-order valence-corrected chi connectivity index (χ1v) is 5.86. The minimum Gasteiger partial charge on any atom is -0.325 e. The zero-order valence-corrected chi connectivity index (χ0v) is 7.81. The molecule has 1 aliphatic heterocycles. The highest BCUT2D eigenvalue weighted by atomic mass is 32.2. The monoisotopic (exact) mass is 201 g/mol. The maximum atomic E-state index is 11.2. The Morgan fingerprint density at radius 3 is 2.69 bits per heavy atom. The van der Waals surface area contributed by atoms with E-state index in [1.807, 2.05) is 0 Å². The molecule has 6 heteroatoms. The average molecular weight is 201 g/mol. The number of hydrogen-bond acceptors (Lipinski definition) is 4. The number of nitrogens with zero attached hydrogens (tertiary/aromatic N) is 2. The van der Waals surface area contributed by atoms with Crippen molar-refractivity contribution in [3.63, 3.8) is 0 Å². The third kappa shape index (κ3) is 1.59. The third-order valence-corrected chi connectivity index (χ3v) is 3.97. The number of nitrogens with two attached hydrogens (primary N) is 1. The Balaban J connectivity index is 2.28. The molecule has 72 valence electrons. The van der Waals surface area contributed by atoms with Gasteiger partial charge in [0.1, 0.15) is 0 Å². The molecule has 2 unspecified atom stereocenters. The summed E-state index contributed by atoms with van der Waals surface area (Å²) in [7, 11) is -2.96. The van der Waals surface area contributed by atoms with Gasteiger partial charge in [0.05, 0.1) is 17.5 Å². The Hall–Kier alpha value is -0.880. The molecule has 0 spiro atoms. The fraction of sp³-hybridized carbons (Fsp3) is 0.571. The third-order valence-electron chi connectivity index (χ3n) is 2.23. The van der Waals surface area contributed by atoms with E-state index in [4.69, 9.17) is 5.73 Å². The van der Waals surface area contributed by atoms with Gasteiger partial charge in [-0.3, -0.25) is 4.68 Å². The molecule has 2 atom stereocenters. The van der Waals surface area contributed by atoms with Crippen LogP contribution in [0, 0.1) is 0 Å². The van der Waals surface area contributed by atoms with Gasteiger partial charge in [0.15, 0.2) is 9.84 Å². The van der Waals surface area contributed by atoms with Crippen LogP contribution < -0.4 is 5.73 Å². The number of rotatable bonds is 1. The molecule has 0 aliphatic carbocycles. The molecule has 2 rings (SSSR count). The molecule has 1 saturated heterocycles. The van der Waals surface area contributed by atoms with Gasteiger partial charge in [-0.15, -0.1) is 0 Å². The first kappa shape index (κ1) is 8.71. The summed E-state index contributed by atoms with van der Waals surface area (Å²) >= 11 is 0. The standard InChI is InChI=1S/C7H11N3O2S/c8-6-4-13(11,12)5-7(6)10-3-1-2-9-10/h1-3,6-7H,4-5,8H2. The lowest BCUT2D eigenvalue weighted by Gasteiger charge is -2.13. The van der Waals surface area contributed by atoms with E-state index in [1.54, 1.807) is 23.1 Å². The second-order valence-electron chi connectivity index (χ2n) is 3.29. The van der Waals surface area contributed by atoms with Gasteiger partial charge < -0.3 is 5.73 Å². The van der Waals surface area contributed by atoms with E-state index < -0.39 is 9.84 Å². The van der Waals surface area contributed by atoms with Crippen LogP contribution in [0.25, 0.3) is 0 Å². The number of sulfone groups is 1. The van der Waals surface area contributed by atoms with Crippen molar-refractivity contribution < 1.29 is 8.42 Å². The van der Waals surface area contributed by atoms with E-state index in [0.29, 0.717) is 0 Å². The summed E-state index contributed by atoms with van der Waals surface area (Å²) < 4.78 is 24.1. The van der Waals surface area contributed by atoms with Crippen molar-refractivity contribution >= 4 is 9.84 Å². The van der Waals surface area contributed by atoms with Crippen molar-refractivity contribution in [3.05, 3.63) is 18.5 Å². The lowest BCUT2D eigenvalue weighted by molar-refractivity contribution is 0.450. The van der Waals surface area contributed by atoms with E-state index in [0.717, 1.165) is 0 Å². The van der Waals surface area contributed by atoms with E-state index in [1.165, 1.54) is 0 Å². The summed E-state index contributed by atoms with van der Waals surface area (Å²) in [6, 6.07) is 1.24. The van der Waals surface area contributed by atoms with Crippen LogP contribution in [-0.2, 0) is 9.84 Å². The van der Waals surface area contributed by atoms with E-state index in [-0.39, 0.29) is 23.6 Å². The molecule has 5 nitrogen and oxygen atoms in total. The average Bonchev–Trinajstić information content (AvgIpc) is 2.56. The smallest absolute Gasteiger partial charge is 0.154 e. The molecule has 1 aromatic heterocycles. The highest BCUT2D eigenvalue weighted by Crippen LogP contribution is 2.21. The summed E-state index contributed by atoms with van der Waals surface area (Å²) in [5.74, 6) is 0.174. The van der Waals surface area contributed by atoms with Crippen molar-refractivity contribution in [1.29, 1.82) is 0 Å². The molecule has 1 fully saturated rings. The fourth-order valence-electron chi connectivity index (χ4n) is 1.61. The molecule has 1 aliphatic rings. The van der Waals surface area contributed by atoms with Crippen LogP contribution in [0.3, 0.4) is 0 Å². The van der Waals surface area contributed by atoms with Gasteiger partial charge in [0, 0.05) is 18.4 Å². The summed E-state index contributed by atoms with van der Waals surface area (Å²) in [6.07, 6.45) is 3.36. The molecule has 0 radical (unpaired) electrons. The van der Waals surface area contributed by atoms with Crippen molar-refractivity contribution in [3.8, 4) is 0 Å². The van der Waals surface area contributed by atoms with Crippen LogP contribution in [0.15, 0.2) is 18.5 Å². The van der Waals surface area contributed by atoms with Crippen LogP contribution in [0.2, 0.25) is 0 Å². The predicted octanol–water partition coefficient (Wildman–Crippen LogP) is -0.820. The fourth-order valence-corrected chi connectivity index (χ4v) is 3.47. The normalized spacial score (nSPS) is 32.1. The first-order chi connectivity index (χ1) is 6.08. The van der Waals surface area contributed by atoms with Gasteiger partial charge >= 0.3 is 0 Å². The molecule has 2 N–H and O–H groups in total. The topological polar surface area (TPSA) is 78.0 Å². The quantitative estimate of drug-likeness (QED) is 0.644. The maximum absolute atomic E-state index is 11.2. The van der Waals surface area contributed by atoms with E-state index in [2.05, 4.69) is 5.10 Å². The molecule has 2 heterocycles. The second-order valence-corrected chi connectivity index (χ2v) is 5.45. The van der Waals surface area contributed by atoms with Gasteiger partial charge in [0.2, 0.25) is 0 Å². The molecular formula is C7H11N3O2S. The van der Waals surface area contributed by atoms with Gasteiger partial charge in [-0.05, 0) is 6.07 Å². The predicted molar refractivity (Wildman–Crippen MR) is 47.9 cm³/mol. The van der Waals surface area contributed by atoms with Crippen LogP contribution in [-0.4, -0.2) is 35.7 Å². The van der Waals surface area contributed by atoms with Gasteiger partial charge in [-0.25, -0.2) is 8.42 Å². The molecule has 0 bridgehead atoms. The zero-order chi connectivity index (χ0) is 9.47. The molecule has 13 heavy (non-hydrogen) atoms.